The standard InChI is InChI=1S/C24H24N2O2/c25-22(18-27)16-17-23(28)26-24(19-10-4-1-5-11-19,20-12-6-2-7-13-20)21-14-8-3-9-15-21/h1-15,18,22H,16-17,25H2,(H,26,28)/t22-/m0/s1. The molecule has 0 aliphatic carbocycles. The van der Waals surface area contributed by atoms with E-state index in [2.05, 4.69) is 5.32 Å². The average Bonchev–Trinajstić information content (AvgIpc) is 2.77. The number of benzene rings is 3. The fourth-order valence-electron chi connectivity index (χ4n) is 3.42. The van der Waals surface area contributed by atoms with Crippen molar-refractivity contribution in [3.63, 3.8) is 0 Å². The van der Waals surface area contributed by atoms with E-state index in [1.165, 1.54) is 0 Å². The summed E-state index contributed by atoms with van der Waals surface area (Å²) < 4.78 is 0. The zero-order valence-corrected chi connectivity index (χ0v) is 15.6. The molecule has 3 N–H and O–H groups in total. The van der Waals surface area contributed by atoms with Crippen molar-refractivity contribution in [1.29, 1.82) is 0 Å². The second kappa shape index (κ2) is 9.11. The number of nitrogens with one attached hydrogen (secondary N) is 1. The summed E-state index contributed by atoms with van der Waals surface area (Å²) in [6, 6.07) is 29.1. The van der Waals surface area contributed by atoms with Gasteiger partial charge in [-0.3, -0.25) is 4.79 Å². The molecule has 28 heavy (non-hydrogen) atoms. The van der Waals surface area contributed by atoms with Crippen LogP contribution in [0.1, 0.15) is 29.5 Å². The largest absolute Gasteiger partial charge is 0.338 e. The lowest BCUT2D eigenvalue weighted by molar-refractivity contribution is -0.122. The molecule has 0 aromatic heterocycles. The molecule has 0 heterocycles. The van der Waals surface area contributed by atoms with Crippen LogP contribution in [0.5, 0.6) is 0 Å². The van der Waals surface area contributed by atoms with Crippen LogP contribution < -0.4 is 11.1 Å². The highest BCUT2D eigenvalue weighted by molar-refractivity contribution is 5.79. The summed E-state index contributed by atoms with van der Waals surface area (Å²) in [5.41, 5.74) is 7.71. The second-order valence-corrected chi connectivity index (χ2v) is 6.73. The predicted molar refractivity (Wildman–Crippen MR) is 111 cm³/mol. The maximum Gasteiger partial charge on any atom is 0.221 e. The molecule has 0 aliphatic rings. The minimum Gasteiger partial charge on any atom is -0.338 e. The number of carbonyl (C=O) groups excluding carboxylic acids is 2. The Morgan fingerprint density at radius 2 is 1.21 bits per heavy atom. The highest BCUT2D eigenvalue weighted by Crippen LogP contribution is 2.36. The number of nitrogens with two attached hydrogens (primary N) is 1. The SMILES string of the molecule is N[C@H](C=O)CCC(=O)NC(c1ccccc1)(c1ccccc1)c1ccccc1. The molecule has 0 bridgehead atoms. The Morgan fingerprint density at radius 1 is 0.821 bits per heavy atom. The van der Waals surface area contributed by atoms with E-state index >= 15 is 0 Å². The van der Waals surface area contributed by atoms with Gasteiger partial charge in [0, 0.05) is 6.42 Å². The third-order valence-electron chi connectivity index (χ3n) is 4.83. The minimum absolute atomic E-state index is 0.158. The van der Waals surface area contributed by atoms with Crippen LogP contribution >= 0.6 is 0 Å². The van der Waals surface area contributed by atoms with E-state index in [0.717, 1.165) is 16.7 Å². The fraction of sp³-hybridized carbons (Fsp3) is 0.167. The van der Waals surface area contributed by atoms with E-state index in [0.29, 0.717) is 12.7 Å². The van der Waals surface area contributed by atoms with Crippen LogP contribution in [0.15, 0.2) is 91.0 Å². The summed E-state index contributed by atoms with van der Waals surface area (Å²) in [7, 11) is 0. The zero-order chi connectivity index (χ0) is 19.8. The Kier molecular flexibility index (Phi) is 6.35. The molecule has 1 amide bonds. The zero-order valence-electron chi connectivity index (χ0n) is 15.6. The van der Waals surface area contributed by atoms with Crippen molar-refractivity contribution >= 4 is 12.2 Å². The Hall–Kier alpha value is -3.24. The molecule has 0 saturated carbocycles. The topological polar surface area (TPSA) is 72.2 Å². The molecule has 0 fully saturated rings. The summed E-state index contributed by atoms with van der Waals surface area (Å²) in [6.45, 7) is 0. The Morgan fingerprint density at radius 3 is 1.57 bits per heavy atom. The minimum atomic E-state index is -0.841. The van der Waals surface area contributed by atoms with Gasteiger partial charge in [-0.2, -0.15) is 0 Å². The van der Waals surface area contributed by atoms with Gasteiger partial charge in [-0.1, -0.05) is 91.0 Å². The van der Waals surface area contributed by atoms with E-state index in [9.17, 15) is 9.59 Å². The van der Waals surface area contributed by atoms with Crippen LogP contribution in [-0.2, 0) is 15.1 Å². The number of hydrogen-bond acceptors (Lipinski definition) is 3. The van der Waals surface area contributed by atoms with Crippen molar-refractivity contribution in [2.24, 2.45) is 5.73 Å². The van der Waals surface area contributed by atoms with Gasteiger partial charge in [0.15, 0.2) is 0 Å². The van der Waals surface area contributed by atoms with Gasteiger partial charge in [0.25, 0.3) is 0 Å². The maximum absolute atomic E-state index is 12.9. The van der Waals surface area contributed by atoms with Crippen LogP contribution in [-0.4, -0.2) is 18.2 Å². The molecular formula is C24H24N2O2. The lowest BCUT2D eigenvalue weighted by Crippen LogP contribution is -2.48. The average molecular weight is 372 g/mol. The number of aldehydes is 1. The summed E-state index contributed by atoms with van der Waals surface area (Å²) in [4.78, 5) is 23.7. The summed E-state index contributed by atoms with van der Waals surface area (Å²) in [6.07, 6.45) is 1.16. The molecule has 1 atom stereocenters. The third-order valence-corrected chi connectivity index (χ3v) is 4.83. The Balaban J connectivity index is 2.11. The molecule has 142 valence electrons. The van der Waals surface area contributed by atoms with E-state index < -0.39 is 11.6 Å². The molecule has 3 aromatic carbocycles. The number of carbonyl (C=O) groups is 2. The summed E-state index contributed by atoms with van der Waals surface area (Å²) >= 11 is 0. The first-order chi connectivity index (χ1) is 13.7. The quantitative estimate of drug-likeness (QED) is 0.470. The Labute approximate surface area is 165 Å². The lowest BCUT2D eigenvalue weighted by Gasteiger charge is -2.37. The van der Waals surface area contributed by atoms with Crippen molar-refractivity contribution in [1.82, 2.24) is 5.32 Å². The molecule has 0 spiro atoms. The first kappa shape index (κ1) is 19.5. The van der Waals surface area contributed by atoms with Gasteiger partial charge in [-0.05, 0) is 23.1 Å². The van der Waals surface area contributed by atoms with Crippen molar-refractivity contribution in [2.45, 2.75) is 24.4 Å². The van der Waals surface area contributed by atoms with Gasteiger partial charge in [0.2, 0.25) is 5.91 Å². The smallest absolute Gasteiger partial charge is 0.221 e. The molecule has 0 unspecified atom stereocenters. The summed E-state index contributed by atoms with van der Waals surface area (Å²) in [5, 5.41) is 3.25. The first-order valence-electron chi connectivity index (χ1n) is 9.35. The van der Waals surface area contributed by atoms with Crippen LogP contribution in [0, 0.1) is 0 Å². The van der Waals surface area contributed by atoms with E-state index in [4.69, 9.17) is 5.73 Å². The number of amides is 1. The highest BCUT2D eigenvalue weighted by atomic mass is 16.1. The van der Waals surface area contributed by atoms with E-state index in [-0.39, 0.29) is 12.3 Å². The first-order valence-corrected chi connectivity index (χ1v) is 9.35. The van der Waals surface area contributed by atoms with Crippen LogP contribution in [0.4, 0.5) is 0 Å². The van der Waals surface area contributed by atoms with Crippen molar-refractivity contribution in [3.05, 3.63) is 108 Å². The van der Waals surface area contributed by atoms with Gasteiger partial charge >= 0.3 is 0 Å². The number of hydrogen-bond donors (Lipinski definition) is 2. The van der Waals surface area contributed by atoms with E-state index in [1.807, 2.05) is 91.0 Å². The predicted octanol–water partition coefficient (Wildman–Crippen LogP) is 3.40. The number of rotatable bonds is 8. The van der Waals surface area contributed by atoms with Crippen molar-refractivity contribution in [2.75, 3.05) is 0 Å². The van der Waals surface area contributed by atoms with Gasteiger partial charge < -0.3 is 15.8 Å². The normalized spacial score (nSPS) is 12.2. The van der Waals surface area contributed by atoms with Crippen LogP contribution in [0.25, 0.3) is 0 Å². The lowest BCUT2D eigenvalue weighted by atomic mass is 9.77. The molecule has 0 saturated heterocycles. The van der Waals surface area contributed by atoms with Crippen LogP contribution in [0.3, 0.4) is 0 Å². The van der Waals surface area contributed by atoms with Gasteiger partial charge in [0.1, 0.15) is 11.8 Å². The molecule has 3 aromatic rings. The van der Waals surface area contributed by atoms with Crippen molar-refractivity contribution < 1.29 is 9.59 Å². The summed E-state index contributed by atoms with van der Waals surface area (Å²) in [5.74, 6) is -0.158. The van der Waals surface area contributed by atoms with Crippen molar-refractivity contribution in [3.8, 4) is 0 Å². The molecule has 4 heteroatoms. The molecular weight excluding hydrogens is 348 g/mol. The van der Waals surface area contributed by atoms with Gasteiger partial charge in [0.05, 0.1) is 6.04 Å². The monoisotopic (exact) mass is 372 g/mol. The van der Waals surface area contributed by atoms with Gasteiger partial charge in [-0.25, -0.2) is 0 Å². The van der Waals surface area contributed by atoms with Crippen LogP contribution in [0.2, 0.25) is 0 Å². The fourth-order valence-corrected chi connectivity index (χ4v) is 3.42. The Bertz CT molecular complexity index is 799. The maximum atomic E-state index is 12.9. The van der Waals surface area contributed by atoms with Gasteiger partial charge in [-0.15, -0.1) is 0 Å². The highest BCUT2D eigenvalue weighted by Gasteiger charge is 2.37. The van der Waals surface area contributed by atoms with E-state index in [1.54, 1.807) is 0 Å². The molecule has 0 aliphatic heterocycles. The molecule has 4 nitrogen and oxygen atoms in total. The molecule has 0 radical (unpaired) electrons. The second-order valence-electron chi connectivity index (χ2n) is 6.73. The molecule has 3 rings (SSSR count). The third kappa shape index (κ3) is 4.18.